The van der Waals surface area contributed by atoms with Gasteiger partial charge in [-0.15, -0.1) is 6.58 Å². The minimum atomic E-state index is 0.207. The summed E-state index contributed by atoms with van der Waals surface area (Å²) in [4.78, 5) is 11.6. The molecule has 0 unspecified atom stereocenters. The second-order valence-electron chi connectivity index (χ2n) is 5.61. The first-order chi connectivity index (χ1) is 7.97. The van der Waals surface area contributed by atoms with Crippen molar-refractivity contribution in [3.8, 4) is 0 Å². The Bertz CT molecular complexity index is 345. The van der Waals surface area contributed by atoms with Crippen molar-refractivity contribution in [3.63, 3.8) is 0 Å². The summed E-state index contributed by atoms with van der Waals surface area (Å²) in [7, 11) is 0. The molecule has 0 aromatic rings. The van der Waals surface area contributed by atoms with Crippen LogP contribution in [0.1, 0.15) is 46.5 Å². The first-order valence-electron chi connectivity index (χ1n) is 6.46. The van der Waals surface area contributed by atoms with Gasteiger partial charge < -0.3 is 0 Å². The third-order valence-electron chi connectivity index (χ3n) is 3.66. The minimum absolute atomic E-state index is 0.207. The summed E-state index contributed by atoms with van der Waals surface area (Å²) in [5.74, 6) is 0.614. The second-order valence-corrected chi connectivity index (χ2v) is 5.61. The SMILES string of the molecule is C=CCCC(=O)/C=C\[C@H]1C(C)=CCCC1(C)C. The second kappa shape index (κ2) is 6.00. The fourth-order valence-corrected chi connectivity index (χ4v) is 2.51. The Labute approximate surface area is 105 Å². The zero-order valence-corrected chi connectivity index (χ0v) is 11.3. The van der Waals surface area contributed by atoms with Crippen LogP contribution in [0.2, 0.25) is 0 Å². The van der Waals surface area contributed by atoms with Crippen molar-refractivity contribution in [1.82, 2.24) is 0 Å². The number of hydrogen-bond donors (Lipinski definition) is 0. The monoisotopic (exact) mass is 232 g/mol. The maximum atomic E-state index is 11.6. The van der Waals surface area contributed by atoms with E-state index in [4.69, 9.17) is 0 Å². The Hall–Kier alpha value is -1.11. The molecule has 0 aliphatic heterocycles. The molecular weight excluding hydrogens is 208 g/mol. The molecule has 0 saturated heterocycles. The first-order valence-corrected chi connectivity index (χ1v) is 6.46. The number of hydrogen-bond acceptors (Lipinski definition) is 1. The summed E-state index contributed by atoms with van der Waals surface area (Å²) in [5.41, 5.74) is 1.67. The van der Waals surface area contributed by atoms with E-state index in [0.29, 0.717) is 12.3 Å². The molecule has 1 aliphatic carbocycles. The van der Waals surface area contributed by atoms with Crippen molar-refractivity contribution in [2.24, 2.45) is 11.3 Å². The van der Waals surface area contributed by atoms with Crippen molar-refractivity contribution in [2.45, 2.75) is 46.5 Å². The molecule has 0 spiro atoms. The third kappa shape index (κ3) is 3.99. The van der Waals surface area contributed by atoms with Gasteiger partial charge in [0.25, 0.3) is 0 Å². The van der Waals surface area contributed by atoms with Crippen LogP contribution in [-0.4, -0.2) is 5.78 Å². The molecule has 0 amide bonds. The maximum Gasteiger partial charge on any atom is 0.155 e. The van der Waals surface area contributed by atoms with Gasteiger partial charge in [-0.25, -0.2) is 0 Å². The lowest BCUT2D eigenvalue weighted by atomic mass is 9.68. The highest BCUT2D eigenvalue weighted by Crippen LogP contribution is 2.41. The molecule has 0 bridgehead atoms. The van der Waals surface area contributed by atoms with Crippen molar-refractivity contribution >= 4 is 5.78 Å². The zero-order valence-electron chi connectivity index (χ0n) is 11.3. The molecule has 17 heavy (non-hydrogen) atoms. The molecule has 0 radical (unpaired) electrons. The van der Waals surface area contributed by atoms with Gasteiger partial charge in [-0.05, 0) is 37.7 Å². The van der Waals surface area contributed by atoms with E-state index in [2.05, 4.69) is 39.5 Å². The van der Waals surface area contributed by atoms with Crippen LogP contribution in [0.5, 0.6) is 0 Å². The van der Waals surface area contributed by atoms with Gasteiger partial charge in [0, 0.05) is 12.3 Å². The van der Waals surface area contributed by atoms with Gasteiger partial charge in [-0.1, -0.05) is 37.6 Å². The molecular formula is C16H24O. The molecule has 1 heteroatoms. The van der Waals surface area contributed by atoms with E-state index >= 15 is 0 Å². The van der Waals surface area contributed by atoms with Crippen LogP contribution >= 0.6 is 0 Å². The van der Waals surface area contributed by atoms with Crippen LogP contribution in [0, 0.1) is 11.3 Å². The Morgan fingerprint density at radius 3 is 2.88 bits per heavy atom. The number of carbonyl (C=O) groups is 1. The number of carbonyl (C=O) groups excluding carboxylic acids is 1. The van der Waals surface area contributed by atoms with Gasteiger partial charge in [0.1, 0.15) is 0 Å². The Balaban J connectivity index is 2.68. The van der Waals surface area contributed by atoms with Crippen LogP contribution in [0.4, 0.5) is 0 Å². The number of rotatable bonds is 5. The van der Waals surface area contributed by atoms with Crippen LogP contribution in [0.25, 0.3) is 0 Å². The van der Waals surface area contributed by atoms with Crippen LogP contribution in [-0.2, 0) is 4.79 Å². The average Bonchev–Trinajstić information content (AvgIpc) is 2.24. The van der Waals surface area contributed by atoms with E-state index in [-0.39, 0.29) is 11.2 Å². The summed E-state index contributed by atoms with van der Waals surface area (Å²) >= 11 is 0. The molecule has 0 fully saturated rings. The zero-order chi connectivity index (χ0) is 12.9. The van der Waals surface area contributed by atoms with Crippen molar-refractivity contribution in [2.75, 3.05) is 0 Å². The van der Waals surface area contributed by atoms with Gasteiger partial charge in [0.05, 0.1) is 0 Å². The highest BCUT2D eigenvalue weighted by molar-refractivity contribution is 5.89. The average molecular weight is 232 g/mol. The predicted octanol–water partition coefficient (Wildman–Crippen LogP) is 4.46. The lowest BCUT2D eigenvalue weighted by Crippen LogP contribution is -2.26. The van der Waals surface area contributed by atoms with E-state index < -0.39 is 0 Å². The van der Waals surface area contributed by atoms with Gasteiger partial charge in [0.2, 0.25) is 0 Å². The molecule has 0 aromatic carbocycles. The number of ketones is 1. The highest BCUT2D eigenvalue weighted by Gasteiger charge is 2.30. The predicted molar refractivity (Wildman–Crippen MR) is 73.8 cm³/mol. The fourth-order valence-electron chi connectivity index (χ4n) is 2.51. The van der Waals surface area contributed by atoms with E-state index in [9.17, 15) is 4.79 Å². The molecule has 1 aliphatic rings. The molecule has 0 aromatic heterocycles. The molecule has 0 heterocycles. The smallest absolute Gasteiger partial charge is 0.155 e. The van der Waals surface area contributed by atoms with Gasteiger partial charge in [0.15, 0.2) is 5.78 Å². The maximum absolute atomic E-state index is 11.6. The Morgan fingerprint density at radius 1 is 1.59 bits per heavy atom. The van der Waals surface area contributed by atoms with Gasteiger partial charge in [-0.3, -0.25) is 4.79 Å². The van der Waals surface area contributed by atoms with Gasteiger partial charge >= 0.3 is 0 Å². The third-order valence-corrected chi connectivity index (χ3v) is 3.66. The van der Waals surface area contributed by atoms with E-state index in [1.54, 1.807) is 12.2 Å². The van der Waals surface area contributed by atoms with E-state index in [1.165, 1.54) is 12.0 Å². The first kappa shape index (κ1) is 14.0. The van der Waals surface area contributed by atoms with E-state index in [0.717, 1.165) is 12.8 Å². The number of allylic oxidation sites excluding steroid dienone is 5. The topological polar surface area (TPSA) is 17.1 Å². The fraction of sp³-hybridized carbons (Fsp3) is 0.562. The van der Waals surface area contributed by atoms with Gasteiger partial charge in [-0.2, -0.15) is 0 Å². The summed E-state index contributed by atoms with van der Waals surface area (Å²) in [6, 6.07) is 0. The summed E-state index contributed by atoms with van der Waals surface area (Å²) in [6.45, 7) is 10.4. The normalized spacial score (nSPS) is 23.5. The van der Waals surface area contributed by atoms with Crippen LogP contribution in [0.15, 0.2) is 36.5 Å². The standard InChI is InChI=1S/C16H24O/c1-5-6-9-14(17)10-11-15-13(2)8-7-12-16(15,3)4/h5,8,10-11,15H,1,6-7,9,12H2,2-4H3/b11-10-/t15-/m0/s1. The van der Waals surface area contributed by atoms with E-state index in [1.807, 2.05) is 0 Å². The highest BCUT2D eigenvalue weighted by atomic mass is 16.1. The lowest BCUT2D eigenvalue weighted by molar-refractivity contribution is -0.114. The lowest BCUT2D eigenvalue weighted by Gasteiger charge is -2.36. The van der Waals surface area contributed by atoms with Crippen molar-refractivity contribution in [1.29, 1.82) is 0 Å². The summed E-state index contributed by atoms with van der Waals surface area (Å²) < 4.78 is 0. The van der Waals surface area contributed by atoms with Crippen LogP contribution in [0.3, 0.4) is 0 Å². The minimum Gasteiger partial charge on any atom is -0.295 e. The molecule has 1 nitrogen and oxygen atoms in total. The summed E-state index contributed by atoms with van der Waals surface area (Å²) in [6.07, 6.45) is 11.7. The quantitative estimate of drug-likeness (QED) is 0.505. The molecule has 1 atom stereocenters. The van der Waals surface area contributed by atoms with Crippen LogP contribution < -0.4 is 0 Å². The molecule has 0 saturated carbocycles. The van der Waals surface area contributed by atoms with Crippen molar-refractivity contribution in [3.05, 3.63) is 36.5 Å². The summed E-state index contributed by atoms with van der Waals surface area (Å²) in [5, 5.41) is 0. The molecule has 1 rings (SSSR count). The Kier molecular flexibility index (Phi) is 4.92. The largest absolute Gasteiger partial charge is 0.295 e. The van der Waals surface area contributed by atoms with Crippen molar-refractivity contribution < 1.29 is 4.79 Å². The molecule has 0 N–H and O–H groups in total. The molecule has 94 valence electrons. The Morgan fingerprint density at radius 2 is 2.29 bits per heavy atom.